The van der Waals surface area contributed by atoms with Crippen molar-refractivity contribution in [1.82, 2.24) is 15.3 Å². The summed E-state index contributed by atoms with van der Waals surface area (Å²) in [7, 11) is 0. The Labute approximate surface area is 112 Å². The van der Waals surface area contributed by atoms with Crippen LogP contribution in [-0.4, -0.2) is 28.5 Å². The third-order valence-electron chi connectivity index (χ3n) is 2.68. The van der Waals surface area contributed by atoms with E-state index in [1.165, 1.54) is 0 Å². The first kappa shape index (κ1) is 13.3. The van der Waals surface area contributed by atoms with Gasteiger partial charge in [0.15, 0.2) is 0 Å². The van der Waals surface area contributed by atoms with E-state index in [2.05, 4.69) is 15.3 Å². The van der Waals surface area contributed by atoms with Crippen LogP contribution in [0.15, 0.2) is 42.9 Å². The molecule has 2 aromatic rings. The van der Waals surface area contributed by atoms with Crippen molar-refractivity contribution in [2.75, 3.05) is 6.54 Å². The Kier molecular flexibility index (Phi) is 4.69. The first-order valence-corrected chi connectivity index (χ1v) is 6.27. The zero-order valence-corrected chi connectivity index (χ0v) is 10.8. The molecule has 0 saturated heterocycles. The number of para-hydroxylation sites is 1. The number of nitrogens with zero attached hydrogens (tertiary/aromatic N) is 1. The molecule has 5 heteroatoms. The minimum absolute atomic E-state index is 0.289. The molecule has 0 aliphatic carbocycles. The lowest BCUT2D eigenvalue weighted by atomic mass is 10.1. The maximum absolute atomic E-state index is 12.1. The van der Waals surface area contributed by atoms with Gasteiger partial charge in [0.1, 0.15) is 11.8 Å². The minimum atomic E-state index is -0.384. The molecular formula is C14H17N3O2. The summed E-state index contributed by atoms with van der Waals surface area (Å²) in [4.78, 5) is 19.0. The zero-order valence-electron chi connectivity index (χ0n) is 10.8. The Morgan fingerprint density at radius 2 is 2.21 bits per heavy atom. The zero-order chi connectivity index (χ0) is 13.5. The Bertz CT molecular complexity index is 497. The van der Waals surface area contributed by atoms with Gasteiger partial charge in [0.2, 0.25) is 0 Å². The van der Waals surface area contributed by atoms with E-state index in [9.17, 15) is 4.79 Å². The number of carbonyl (C=O) groups excluding carboxylic acids is 1. The van der Waals surface area contributed by atoms with Crippen LogP contribution in [0.25, 0.3) is 0 Å². The number of carbonyl (C=O) groups is 1. The van der Waals surface area contributed by atoms with Gasteiger partial charge >= 0.3 is 5.97 Å². The van der Waals surface area contributed by atoms with Gasteiger partial charge in [0, 0.05) is 18.3 Å². The maximum atomic E-state index is 12.1. The summed E-state index contributed by atoms with van der Waals surface area (Å²) in [6.45, 7) is 2.65. The number of likely N-dealkylation sites (N-methyl/N-ethyl adjacent to an activating group) is 1. The summed E-state index contributed by atoms with van der Waals surface area (Å²) in [6.07, 6.45) is 3.83. The molecule has 0 unspecified atom stereocenters. The second kappa shape index (κ2) is 6.70. The number of aromatic amines is 1. The lowest BCUT2D eigenvalue weighted by molar-refractivity contribution is -0.136. The highest BCUT2D eigenvalue weighted by Crippen LogP contribution is 2.10. The van der Waals surface area contributed by atoms with E-state index in [-0.39, 0.29) is 12.0 Å². The molecule has 5 nitrogen and oxygen atoms in total. The number of H-pyrrole nitrogens is 1. The number of esters is 1. The molecule has 0 saturated carbocycles. The van der Waals surface area contributed by atoms with E-state index >= 15 is 0 Å². The van der Waals surface area contributed by atoms with Gasteiger partial charge in [-0.05, 0) is 18.7 Å². The van der Waals surface area contributed by atoms with Crippen molar-refractivity contribution in [3.63, 3.8) is 0 Å². The first-order valence-electron chi connectivity index (χ1n) is 6.27. The highest BCUT2D eigenvalue weighted by atomic mass is 16.5. The van der Waals surface area contributed by atoms with E-state index in [4.69, 9.17) is 4.74 Å². The lowest BCUT2D eigenvalue weighted by Gasteiger charge is -2.15. The number of benzene rings is 1. The number of nitrogens with one attached hydrogen (secondary N) is 2. The van der Waals surface area contributed by atoms with Gasteiger partial charge in [0.25, 0.3) is 0 Å². The molecule has 0 aliphatic heterocycles. The predicted octanol–water partition coefficient (Wildman–Crippen LogP) is 1.54. The molecule has 0 amide bonds. The molecule has 0 spiro atoms. The highest BCUT2D eigenvalue weighted by Gasteiger charge is 2.20. The van der Waals surface area contributed by atoms with Crippen molar-refractivity contribution in [3.05, 3.63) is 48.5 Å². The van der Waals surface area contributed by atoms with Gasteiger partial charge in [-0.3, -0.25) is 0 Å². The number of imidazole rings is 1. The van der Waals surface area contributed by atoms with Gasteiger partial charge in [-0.1, -0.05) is 25.1 Å². The SMILES string of the molecule is CCN[C@@H](Cc1cnc[nH]1)C(=O)Oc1ccccc1. The molecule has 0 aliphatic rings. The summed E-state index contributed by atoms with van der Waals surface area (Å²) in [5, 5.41) is 3.12. The summed E-state index contributed by atoms with van der Waals surface area (Å²) in [5.41, 5.74) is 0.899. The molecular weight excluding hydrogens is 242 g/mol. The molecule has 1 atom stereocenters. The topological polar surface area (TPSA) is 67.0 Å². The molecule has 100 valence electrons. The second-order valence-corrected chi connectivity index (χ2v) is 4.13. The minimum Gasteiger partial charge on any atom is -0.425 e. The smallest absolute Gasteiger partial charge is 0.328 e. The lowest BCUT2D eigenvalue weighted by Crippen LogP contribution is -2.41. The van der Waals surface area contributed by atoms with Crippen LogP contribution in [0.1, 0.15) is 12.6 Å². The number of hydrogen-bond donors (Lipinski definition) is 2. The third kappa shape index (κ3) is 3.93. The van der Waals surface area contributed by atoms with Crippen LogP contribution in [0.5, 0.6) is 5.75 Å². The van der Waals surface area contributed by atoms with Crippen molar-refractivity contribution in [2.24, 2.45) is 0 Å². The molecule has 19 heavy (non-hydrogen) atoms. The van der Waals surface area contributed by atoms with Crippen LogP contribution in [0.4, 0.5) is 0 Å². The monoisotopic (exact) mass is 259 g/mol. The standard InChI is InChI=1S/C14H17N3O2/c1-2-16-13(8-11-9-15-10-17-11)14(18)19-12-6-4-3-5-7-12/h3-7,9-10,13,16H,2,8H2,1H3,(H,15,17)/t13-/m0/s1. The summed E-state index contributed by atoms with van der Waals surface area (Å²) >= 11 is 0. The molecule has 1 aromatic carbocycles. The molecule has 2 rings (SSSR count). The van der Waals surface area contributed by atoms with E-state index in [1.807, 2.05) is 25.1 Å². The maximum Gasteiger partial charge on any atom is 0.328 e. The van der Waals surface area contributed by atoms with E-state index < -0.39 is 0 Å². The quantitative estimate of drug-likeness (QED) is 0.610. The molecule has 0 fully saturated rings. The normalized spacial score (nSPS) is 12.1. The Balaban J connectivity index is 2.00. The molecule has 0 radical (unpaired) electrons. The van der Waals surface area contributed by atoms with Crippen LogP contribution >= 0.6 is 0 Å². The van der Waals surface area contributed by atoms with Crippen LogP contribution in [0.2, 0.25) is 0 Å². The Morgan fingerprint density at radius 1 is 1.42 bits per heavy atom. The fraction of sp³-hybridized carbons (Fsp3) is 0.286. The van der Waals surface area contributed by atoms with Crippen molar-refractivity contribution in [3.8, 4) is 5.75 Å². The van der Waals surface area contributed by atoms with Gasteiger partial charge in [-0.25, -0.2) is 9.78 Å². The summed E-state index contributed by atoms with van der Waals surface area (Å²) in [6, 6.07) is 8.68. The largest absolute Gasteiger partial charge is 0.425 e. The highest BCUT2D eigenvalue weighted by molar-refractivity contribution is 5.78. The fourth-order valence-electron chi connectivity index (χ4n) is 1.78. The third-order valence-corrected chi connectivity index (χ3v) is 2.68. The number of ether oxygens (including phenoxy) is 1. The van der Waals surface area contributed by atoms with Crippen molar-refractivity contribution < 1.29 is 9.53 Å². The fourth-order valence-corrected chi connectivity index (χ4v) is 1.78. The number of aromatic nitrogens is 2. The number of rotatable bonds is 6. The second-order valence-electron chi connectivity index (χ2n) is 4.13. The molecule has 1 aromatic heterocycles. The van der Waals surface area contributed by atoms with Crippen LogP contribution < -0.4 is 10.1 Å². The van der Waals surface area contributed by atoms with Crippen LogP contribution in [0.3, 0.4) is 0 Å². The molecule has 2 N–H and O–H groups in total. The Hall–Kier alpha value is -2.14. The van der Waals surface area contributed by atoms with Gasteiger partial charge in [-0.15, -0.1) is 0 Å². The first-order chi connectivity index (χ1) is 9.29. The van der Waals surface area contributed by atoms with Gasteiger partial charge < -0.3 is 15.0 Å². The summed E-state index contributed by atoms with van der Waals surface area (Å²) < 4.78 is 5.34. The molecule has 1 heterocycles. The van der Waals surface area contributed by atoms with E-state index in [0.717, 1.165) is 5.69 Å². The van der Waals surface area contributed by atoms with Crippen molar-refractivity contribution in [2.45, 2.75) is 19.4 Å². The molecule has 0 bridgehead atoms. The predicted molar refractivity (Wildman–Crippen MR) is 71.8 cm³/mol. The van der Waals surface area contributed by atoms with E-state index in [1.54, 1.807) is 24.7 Å². The van der Waals surface area contributed by atoms with Crippen molar-refractivity contribution >= 4 is 5.97 Å². The Morgan fingerprint density at radius 3 is 2.84 bits per heavy atom. The number of hydrogen-bond acceptors (Lipinski definition) is 4. The van der Waals surface area contributed by atoms with Crippen molar-refractivity contribution in [1.29, 1.82) is 0 Å². The van der Waals surface area contributed by atoms with Crippen LogP contribution in [0, 0.1) is 0 Å². The van der Waals surface area contributed by atoms with Crippen LogP contribution in [-0.2, 0) is 11.2 Å². The van der Waals surface area contributed by atoms with Gasteiger partial charge in [0.05, 0.1) is 6.33 Å². The average Bonchev–Trinajstić information content (AvgIpc) is 2.92. The van der Waals surface area contributed by atoms with E-state index in [0.29, 0.717) is 18.7 Å². The average molecular weight is 259 g/mol. The summed E-state index contributed by atoms with van der Waals surface area (Å²) in [5.74, 6) is 0.266. The van der Waals surface area contributed by atoms with Gasteiger partial charge in [-0.2, -0.15) is 0 Å².